The predicted octanol–water partition coefficient (Wildman–Crippen LogP) is 4.12. The molecule has 0 heterocycles. The molecule has 3 rings (SSSR count). The number of isocyanates is 1. The minimum Gasteiger partial charge on any atom is -0.424 e. The highest BCUT2D eigenvalue weighted by Crippen LogP contribution is 2.39. The number of benzene rings is 3. The summed E-state index contributed by atoms with van der Waals surface area (Å²) in [5.74, 6) is 0. The third-order valence-corrected chi connectivity index (χ3v) is 10.1. The first-order chi connectivity index (χ1) is 13.5. The van der Waals surface area contributed by atoms with Gasteiger partial charge < -0.3 is 4.80 Å². The summed E-state index contributed by atoms with van der Waals surface area (Å²) in [7, 11) is -2.98. The zero-order chi connectivity index (χ0) is 20.0. The number of aryl methyl sites for hydroxylation is 1. The summed E-state index contributed by atoms with van der Waals surface area (Å²) in [6, 6.07) is 27.8. The SMILES string of the molecule is CC(C)(CCc1ccc(N=C=O)cc1)[Si](O)(c1ccccc1)c1ccccc1. The van der Waals surface area contributed by atoms with E-state index in [0.29, 0.717) is 5.69 Å². The van der Waals surface area contributed by atoms with Crippen molar-refractivity contribution in [3.8, 4) is 0 Å². The van der Waals surface area contributed by atoms with Gasteiger partial charge in [0.25, 0.3) is 8.32 Å². The van der Waals surface area contributed by atoms with Crippen LogP contribution in [0.1, 0.15) is 25.8 Å². The maximum absolute atomic E-state index is 12.2. The first-order valence-corrected chi connectivity index (χ1v) is 11.4. The standard InChI is InChI=1S/C24H25NO2Si/c1-24(2,18-17-20-13-15-21(16-14-20)25-19-26)28(27,22-9-5-3-6-10-22)23-11-7-4-8-12-23/h3-16,27H,17-18H2,1-2H3. The second kappa shape index (κ2) is 8.49. The smallest absolute Gasteiger partial charge is 0.258 e. The van der Waals surface area contributed by atoms with Crippen molar-refractivity contribution in [2.75, 3.05) is 0 Å². The highest BCUT2D eigenvalue weighted by Gasteiger charge is 2.49. The van der Waals surface area contributed by atoms with Crippen molar-refractivity contribution in [1.82, 2.24) is 0 Å². The molecule has 0 amide bonds. The monoisotopic (exact) mass is 387 g/mol. The van der Waals surface area contributed by atoms with Gasteiger partial charge in [0.15, 0.2) is 0 Å². The van der Waals surface area contributed by atoms with Crippen LogP contribution in [0, 0.1) is 0 Å². The Labute approximate surface area is 167 Å². The summed E-state index contributed by atoms with van der Waals surface area (Å²) in [5, 5.41) is 1.78. The molecular weight excluding hydrogens is 362 g/mol. The molecule has 0 atom stereocenters. The van der Waals surface area contributed by atoms with Gasteiger partial charge in [-0.1, -0.05) is 86.6 Å². The molecule has 0 aliphatic heterocycles. The Bertz CT molecular complexity index is 907. The molecule has 0 unspecified atom stereocenters. The van der Waals surface area contributed by atoms with Crippen molar-refractivity contribution in [2.45, 2.75) is 31.7 Å². The van der Waals surface area contributed by atoms with Crippen LogP contribution in [0.2, 0.25) is 5.04 Å². The average molecular weight is 388 g/mol. The number of aliphatic imine (C=N–C) groups is 1. The minimum atomic E-state index is -2.98. The van der Waals surface area contributed by atoms with Crippen LogP contribution < -0.4 is 10.4 Å². The van der Waals surface area contributed by atoms with Crippen LogP contribution in [-0.2, 0) is 11.2 Å². The maximum Gasteiger partial charge on any atom is 0.258 e. The zero-order valence-corrected chi connectivity index (χ0v) is 17.3. The van der Waals surface area contributed by atoms with Gasteiger partial charge in [0.05, 0.1) is 5.69 Å². The summed E-state index contributed by atoms with van der Waals surface area (Å²) in [6.07, 6.45) is 3.25. The van der Waals surface area contributed by atoms with E-state index in [4.69, 9.17) is 0 Å². The highest BCUT2D eigenvalue weighted by atomic mass is 28.4. The van der Waals surface area contributed by atoms with Gasteiger partial charge in [-0.3, -0.25) is 0 Å². The Morgan fingerprint density at radius 2 is 1.36 bits per heavy atom. The van der Waals surface area contributed by atoms with E-state index >= 15 is 0 Å². The topological polar surface area (TPSA) is 49.7 Å². The van der Waals surface area contributed by atoms with Crippen LogP contribution in [0.25, 0.3) is 0 Å². The van der Waals surface area contributed by atoms with Gasteiger partial charge in [-0.05, 0) is 45.9 Å². The van der Waals surface area contributed by atoms with Crippen molar-refractivity contribution in [1.29, 1.82) is 0 Å². The lowest BCUT2D eigenvalue weighted by atomic mass is 10.0. The highest BCUT2D eigenvalue weighted by molar-refractivity contribution is 6.98. The fourth-order valence-corrected chi connectivity index (χ4v) is 7.47. The molecule has 0 radical (unpaired) electrons. The molecule has 0 aromatic heterocycles. The molecule has 0 aliphatic carbocycles. The van der Waals surface area contributed by atoms with E-state index in [9.17, 15) is 9.59 Å². The van der Waals surface area contributed by atoms with Crippen molar-refractivity contribution >= 4 is 30.5 Å². The Morgan fingerprint density at radius 3 is 1.82 bits per heavy atom. The van der Waals surface area contributed by atoms with E-state index in [2.05, 4.69) is 18.8 Å². The number of nitrogens with zero attached hydrogens (tertiary/aromatic N) is 1. The third kappa shape index (κ3) is 4.05. The summed E-state index contributed by atoms with van der Waals surface area (Å²) >= 11 is 0. The molecule has 0 aliphatic rings. The number of rotatable bonds is 7. The van der Waals surface area contributed by atoms with E-state index in [1.54, 1.807) is 6.08 Å². The van der Waals surface area contributed by atoms with Gasteiger partial charge in [-0.25, -0.2) is 4.79 Å². The second-order valence-corrected chi connectivity index (χ2v) is 11.6. The molecule has 0 saturated carbocycles. The molecular formula is C24H25NO2Si. The fraction of sp³-hybridized carbons (Fsp3) is 0.208. The first kappa shape index (κ1) is 20.0. The van der Waals surface area contributed by atoms with Crippen molar-refractivity contribution in [3.63, 3.8) is 0 Å². The molecule has 0 saturated heterocycles. The van der Waals surface area contributed by atoms with Gasteiger partial charge in [-0.2, -0.15) is 4.99 Å². The number of hydrogen-bond donors (Lipinski definition) is 1. The molecule has 0 bridgehead atoms. The molecule has 28 heavy (non-hydrogen) atoms. The summed E-state index contributed by atoms with van der Waals surface area (Å²) in [5.41, 5.74) is 1.77. The van der Waals surface area contributed by atoms with Gasteiger partial charge in [0.2, 0.25) is 6.08 Å². The lowest BCUT2D eigenvalue weighted by molar-refractivity contribution is 0.466. The summed E-state index contributed by atoms with van der Waals surface area (Å²) in [4.78, 5) is 26.2. The van der Waals surface area contributed by atoms with Crippen molar-refractivity contribution in [3.05, 3.63) is 90.5 Å². The zero-order valence-electron chi connectivity index (χ0n) is 16.3. The second-order valence-electron chi connectivity index (χ2n) is 7.70. The average Bonchev–Trinajstić information content (AvgIpc) is 2.74. The Morgan fingerprint density at radius 1 is 0.857 bits per heavy atom. The Kier molecular flexibility index (Phi) is 6.05. The van der Waals surface area contributed by atoms with Crippen LogP contribution in [0.5, 0.6) is 0 Å². The largest absolute Gasteiger partial charge is 0.424 e. The van der Waals surface area contributed by atoms with Crippen LogP contribution in [0.4, 0.5) is 5.69 Å². The van der Waals surface area contributed by atoms with Crippen LogP contribution in [0.15, 0.2) is 89.9 Å². The quantitative estimate of drug-likeness (QED) is 0.377. The van der Waals surface area contributed by atoms with E-state index < -0.39 is 8.32 Å². The number of hydrogen-bond acceptors (Lipinski definition) is 3. The third-order valence-electron chi connectivity index (χ3n) is 5.51. The van der Waals surface area contributed by atoms with E-state index in [0.717, 1.165) is 28.8 Å². The normalized spacial score (nSPS) is 11.7. The molecule has 4 heteroatoms. The van der Waals surface area contributed by atoms with Crippen LogP contribution in [-0.4, -0.2) is 19.2 Å². The van der Waals surface area contributed by atoms with E-state index in [-0.39, 0.29) is 5.04 Å². The predicted molar refractivity (Wildman–Crippen MR) is 117 cm³/mol. The van der Waals surface area contributed by atoms with Crippen molar-refractivity contribution in [2.24, 2.45) is 4.99 Å². The Hall–Kier alpha value is -2.78. The lowest BCUT2D eigenvalue weighted by Gasteiger charge is -2.41. The van der Waals surface area contributed by atoms with Crippen molar-refractivity contribution < 1.29 is 9.59 Å². The van der Waals surface area contributed by atoms with E-state index in [1.165, 1.54) is 0 Å². The van der Waals surface area contributed by atoms with Gasteiger partial charge in [0, 0.05) is 0 Å². The van der Waals surface area contributed by atoms with Gasteiger partial charge in [0.1, 0.15) is 0 Å². The van der Waals surface area contributed by atoms with E-state index in [1.807, 2.05) is 84.9 Å². The van der Waals surface area contributed by atoms with Crippen LogP contribution >= 0.6 is 0 Å². The number of carbonyl (C=O) groups excluding carboxylic acids is 1. The van der Waals surface area contributed by atoms with Crippen LogP contribution in [0.3, 0.4) is 0 Å². The summed E-state index contributed by atoms with van der Waals surface area (Å²) in [6.45, 7) is 4.34. The Balaban J connectivity index is 1.91. The minimum absolute atomic E-state index is 0.282. The molecule has 3 aromatic rings. The van der Waals surface area contributed by atoms with Gasteiger partial charge >= 0.3 is 0 Å². The first-order valence-electron chi connectivity index (χ1n) is 9.47. The molecule has 1 N–H and O–H groups in total. The molecule has 3 nitrogen and oxygen atoms in total. The summed E-state index contributed by atoms with van der Waals surface area (Å²) < 4.78 is 0. The molecule has 142 valence electrons. The van der Waals surface area contributed by atoms with Gasteiger partial charge in [-0.15, -0.1) is 0 Å². The molecule has 0 fully saturated rings. The molecule has 3 aromatic carbocycles. The fourth-order valence-electron chi connectivity index (χ4n) is 3.73. The lowest BCUT2D eigenvalue weighted by Crippen LogP contribution is -2.65. The molecule has 0 spiro atoms. The maximum atomic E-state index is 12.2.